The number of rotatable bonds is 7. The number of carbonyl (C=O) groups excluding carboxylic acids is 2. The molecule has 0 aliphatic heterocycles. The van der Waals surface area contributed by atoms with E-state index in [4.69, 9.17) is 0 Å². The Morgan fingerprint density at radius 3 is 2.79 bits per heavy atom. The first-order valence-corrected chi connectivity index (χ1v) is 8.80. The first-order valence-electron chi connectivity index (χ1n) is 7.86. The van der Waals surface area contributed by atoms with Crippen LogP contribution in [0.2, 0.25) is 0 Å². The van der Waals surface area contributed by atoms with Crippen molar-refractivity contribution >= 4 is 34.1 Å². The fraction of sp³-hybridized carbons (Fsp3) is 0.222. The number of hydrogen-bond acceptors (Lipinski definition) is 3. The van der Waals surface area contributed by atoms with Crippen molar-refractivity contribution in [2.45, 2.75) is 12.8 Å². The summed E-state index contributed by atoms with van der Waals surface area (Å²) in [5, 5.41) is 10.5. The van der Waals surface area contributed by atoms with Gasteiger partial charge in [-0.15, -0.1) is 0 Å². The maximum atomic E-state index is 11.8. The number of hydrogen-bond donors (Lipinski definition) is 3. The van der Waals surface area contributed by atoms with Crippen molar-refractivity contribution in [2.24, 2.45) is 0 Å². The largest absolute Gasteiger partial charge is 0.361 e. The number of amides is 2. The Bertz CT molecular complexity index is 824. The first kappa shape index (κ1) is 16.3. The predicted octanol–water partition coefficient (Wildman–Crippen LogP) is 2.71. The van der Waals surface area contributed by atoms with Crippen LogP contribution in [0, 0.1) is 0 Å². The number of thiophene rings is 1. The predicted molar refractivity (Wildman–Crippen MR) is 96.3 cm³/mol. The summed E-state index contributed by atoms with van der Waals surface area (Å²) in [6, 6.07) is 9.88. The van der Waals surface area contributed by atoms with Gasteiger partial charge in [0.2, 0.25) is 5.91 Å². The Hall–Kier alpha value is -2.60. The number of aromatic nitrogens is 1. The van der Waals surface area contributed by atoms with Gasteiger partial charge in [-0.1, -0.05) is 18.2 Å². The van der Waals surface area contributed by atoms with Crippen LogP contribution < -0.4 is 10.6 Å². The van der Waals surface area contributed by atoms with Crippen molar-refractivity contribution in [1.29, 1.82) is 0 Å². The third kappa shape index (κ3) is 4.02. The molecule has 0 saturated carbocycles. The minimum absolute atomic E-state index is 0.0551. The van der Waals surface area contributed by atoms with Crippen LogP contribution in [-0.4, -0.2) is 29.9 Å². The number of aromatic amines is 1. The number of para-hydroxylation sites is 1. The van der Waals surface area contributed by atoms with Crippen LogP contribution in [0.3, 0.4) is 0 Å². The highest BCUT2D eigenvalue weighted by Crippen LogP contribution is 2.17. The SMILES string of the molecule is O=C(CCNC(=O)c1ccsc1)NCCc1c[nH]c2ccccc12. The van der Waals surface area contributed by atoms with Gasteiger partial charge >= 0.3 is 0 Å². The molecule has 124 valence electrons. The topological polar surface area (TPSA) is 74.0 Å². The lowest BCUT2D eigenvalue weighted by molar-refractivity contribution is -0.120. The summed E-state index contributed by atoms with van der Waals surface area (Å²) in [6.07, 6.45) is 3.04. The zero-order chi connectivity index (χ0) is 16.8. The highest BCUT2D eigenvalue weighted by molar-refractivity contribution is 7.08. The van der Waals surface area contributed by atoms with Crippen LogP contribution in [0.1, 0.15) is 22.3 Å². The molecule has 0 aliphatic carbocycles. The standard InChI is InChI=1S/C18H19N3O2S/c22-17(6-9-20-18(23)14-7-10-24-12-14)19-8-5-13-11-21-16-4-2-1-3-15(13)16/h1-4,7,10-12,21H,5-6,8-9H2,(H,19,22)(H,20,23). The number of fused-ring (bicyclic) bond motifs is 1. The second kappa shape index (κ2) is 7.79. The average molecular weight is 341 g/mol. The van der Waals surface area contributed by atoms with Gasteiger partial charge in [0.15, 0.2) is 0 Å². The summed E-state index contributed by atoms with van der Waals surface area (Å²) in [5.74, 6) is -0.191. The third-order valence-corrected chi connectivity index (χ3v) is 4.50. The minimum atomic E-state index is -0.136. The smallest absolute Gasteiger partial charge is 0.252 e. The normalized spacial score (nSPS) is 10.7. The van der Waals surface area contributed by atoms with E-state index in [0.29, 0.717) is 18.7 Å². The van der Waals surface area contributed by atoms with E-state index in [-0.39, 0.29) is 18.2 Å². The van der Waals surface area contributed by atoms with E-state index in [2.05, 4.69) is 21.7 Å². The molecule has 0 spiro atoms. The van der Waals surface area contributed by atoms with Crippen LogP contribution in [0.15, 0.2) is 47.3 Å². The summed E-state index contributed by atoms with van der Waals surface area (Å²) in [4.78, 5) is 26.8. The molecule has 5 nitrogen and oxygen atoms in total. The fourth-order valence-corrected chi connectivity index (χ4v) is 3.18. The average Bonchev–Trinajstić information content (AvgIpc) is 3.25. The molecular weight excluding hydrogens is 322 g/mol. The summed E-state index contributed by atoms with van der Waals surface area (Å²) < 4.78 is 0. The van der Waals surface area contributed by atoms with E-state index in [1.807, 2.05) is 29.8 Å². The van der Waals surface area contributed by atoms with Gasteiger partial charge in [0.05, 0.1) is 0 Å². The Kier molecular flexibility index (Phi) is 5.28. The number of H-pyrrole nitrogens is 1. The maximum absolute atomic E-state index is 11.8. The van der Waals surface area contributed by atoms with Gasteiger partial charge < -0.3 is 15.6 Å². The molecule has 1 aromatic carbocycles. The molecule has 0 saturated heterocycles. The summed E-state index contributed by atoms with van der Waals surface area (Å²) in [7, 11) is 0. The van der Waals surface area contributed by atoms with Crippen molar-refractivity contribution in [1.82, 2.24) is 15.6 Å². The highest BCUT2D eigenvalue weighted by Gasteiger charge is 2.07. The second-order valence-electron chi connectivity index (χ2n) is 5.48. The van der Waals surface area contributed by atoms with Gasteiger partial charge in [0, 0.05) is 47.6 Å². The van der Waals surface area contributed by atoms with Gasteiger partial charge in [-0.2, -0.15) is 11.3 Å². The molecule has 0 bridgehead atoms. The van der Waals surface area contributed by atoms with Crippen LogP contribution >= 0.6 is 11.3 Å². The zero-order valence-electron chi connectivity index (χ0n) is 13.2. The quantitative estimate of drug-likeness (QED) is 0.618. The summed E-state index contributed by atoms with van der Waals surface area (Å²) in [6.45, 7) is 0.923. The molecule has 24 heavy (non-hydrogen) atoms. The summed E-state index contributed by atoms with van der Waals surface area (Å²) in [5.41, 5.74) is 2.94. The van der Waals surface area contributed by atoms with Crippen LogP contribution in [0.4, 0.5) is 0 Å². The Balaban J connectivity index is 1.37. The van der Waals surface area contributed by atoms with E-state index >= 15 is 0 Å². The van der Waals surface area contributed by atoms with E-state index in [1.54, 1.807) is 11.4 Å². The lowest BCUT2D eigenvalue weighted by Crippen LogP contribution is -2.31. The Morgan fingerprint density at radius 2 is 1.96 bits per heavy atom. The molecule has 0 unspecified atom stereocenters. The molecule has 0 aliphatic rings. The van der Waals surface area contributed by atoms with Crippen LogP contribution in [-0.2, 0) is 11.2 Å². The monoisotopic (exact) mass is 341 g/mol. The molecule has 3 rings (SSSR count). The van der Waals surface area contributed by atoms with Crippen molar-refractivity contribution in [3.05, 3.63) is 58.4 Å². The van der Waals surface area contributed by atoms with Crippen molar-refractivity contribution in [3.63, 3.8) is 0 Å². The van der Waals surface area contributed by atoms with Gasteiger partial charge in [-0.3, -0.25) is 9.59 Å². The first-order chi connectivity index (χ1) is 11.7. The van der Waals surface area contributed by atoms with Gasteiger partial charge in [-0.05, 0) is 29.5 Å². The molecule has 0 radical (unpaired) electrons. The fourth-order valence-electron chi connectivity index (χ4n) is 2.55. The molecular formula is C18H19N3O2S. The molecule has 0 atom stereocenters. The van der Waals surface area contributed by atoms with E-state index in [9.17, 15) is 9.59 Å². The van der Waals surface area contributed by atoms with E-state index < -0.39 is 0 Å². The number of carbonyl (C=O) groups is 2. The van der Waals surface area contributed by atoms with Gasteiger partial charge in [0.25, 0.3) is 5.91 Å². The van der Waals surface area contributed by atoms with E-state index in [0.717, 1.165) is 11.9 Å². The van der Waals surface area contributed by atoms with Gasteiger partial charge in [0.1, 0.15) is 0 Å². The lowest BCUT2D eigenvalue weighted by Gasteiger charge is -2.06. The maximum Gasteiger partial charge on any atom is 0.252 e. The van der Waals surface area contributed by atoms with Crippen molar-refractivity contribution in [3.8, 4) is 0 Å². The minimum Gasteiger partial charge on any atom is -0.361 e. The van der Waals surface area contributed by atoms with E-state index in [1.165, 1.54) is 22.3 Å². The molecule has 3 N–H and O–H groups in total. The highest BCUT2D eigenvalue weighted by atomic mass is 32.1. The van der Waals surface area contributed by atoms with Crippen molar-refractivity contribution < 1.29 is 9.59 Å². The molecule has 2 heterocycles. The molecule has 6 heteroatoms. The molecule has 0 fully saturated rings. The number of benzene rings is 1. The van der Waals surface area contributed by atoms with Crippen molar-refractivity contribution in [2.75, 3.05) is 13.1 Å². The number of nitrogens with one attached hydrogen (secondary N) is 3. The summed E-state index contributed by atoms with van der Waals surface area (Å²) >= 11 is 1.48. The van der Waals surface area contributed by atoms with Gasteiger partial charge in [-0.25, -0.2) is 0 Å². The molecule has 3 aromatic rings. The molecule has 2 aromatic heterocycles. The molecule has 2 amide bonds. The third-order valence-electron chi connectivity index (χ3n) is 3.81. The second-order valence-corrected chi connectivity index (χ2v) is 6.26. The lowest BCUT2D eigenvalue weighted by atomic mass is 10.1. The zero-order valence-corrected chi connectivity index (χ0v) is 14.0. The Labute approximate surface area is 144 Å². The Morgan fingerprint density at radius 1 is 1.08 bits per heavy atom. The van der Waals surface area contributed by atoms with Crippen LogP contribution in [0.5, 0.6) is 0 Å². The van der Waals surface area contributed by atoms with Crippen LogP contribution in [0.25, 0.3) is 10.9 Å².